The van der Waals surface area contributed by atoms with Gasteiger partial charge in [-0.1, -0.05) is 39.0 Å². The van der Waals surface area contributed by atoms with Gasteiger partial charge in [0, 0.05) is 16.1 Å². The first-order chi connectivity index (χ1) is 7.44. The van der Waals surface area contributed by atoms with Crippen molar-refractivity contribution in [3.05, 3.63) is 29.8 Å². The van der Waals surface area contributed by atoms with E-state index in [4.69, 9.17) is 4.74 Å². The first-order valence-corrected chi connectivity index (χ1v) is 6.37. The van der Waals surface area contributed by atoms with E-state index >= 15 is 0 Å². The smallest absolute Gasteiger partial charge is 0.124 e. The number of methoxy groups -OCH3 is 1. The maximum atomic E-state index is 10.1. The van der Waals surface area contributed by atoms with Gasteiger partial charge in [0.05, 0.1) is 13.2 Å². The molecule has 0 aromatic heterocycles. The second kappa shape index (κ2) is 5.60. The third-order valence-electron chi connectivity index (χ3n) is 2.17. The Labute approximate surface area is 102 Å². The molecule has 0 spiro atoms. The van der Waals surface area contributed by atoms with Crippen molar-refractivity contribution < 1.29 is 9.84 Å². The Hall–Kier alpha value is -0.670. The number of rotatable bonds is 4. The summed E-state index contributed by atoms with van der Waals surface area (Å²) in [6, 6.07) is 7.61. The number of aliphatic hydroxyl groups is 1. The molecule has 2 nitrogen and oxygen atoms in total. The van der Waals surface area contributed by atoms with Gasteiger partial charge in [-0.15, -0.1) is 0 Å². The highest BCUT2D eigenvalue weighted by Gasteiger charge is 2.17. The number of thioether (sulfide) groups is 1. The summed E-state index contributed by atoms with van der Waals surface area (Å²) in [6.45, 7) is 6.44. The molecule has 0 saturated carbocycles. The van der Waals surface area contributed by atoms with Crippen LogP contribution >= 0.6 is 11.8 Å². The molecular formula is C13H20O2S. The molecule has 0 saturated heterocycles. The average molecular weight is 240 g/mol. The summed E-state index contributed by atoms with van der Waals surface area (Å²) in [5.74, 6) is 1.44. The zero-order chi connectivity index (χ0) is 12.2. The van der Waals surface area contributed by atoms with Crippen molar-refractivity contribution in [2.45, 2.75) is 31.6 Å². The highest BCUT2D eigenvalue weighted by Crippen LogP contribution is 2.31. The van der Waals surface area contributed by atoms with Crippen molar-refractivity contribution in [2.75, 3.05) is 12.9 Å². The fourth-order valence-corrected chi connectivity index (χ4v) is 2.20. The first kappa shape index (κ1) is 13.4. The molecule has 0 radical (unpaired) electrons. The lowest BCUT2D eigenvalue weighted by Crippen LogP contribution is -2.12. The summed E-state index contributed by atoms with van der Waals surface area (Å²) in [5, 5.41) is 10.1. The minimum atomic E-state index is -0.472. The first-order valence-electron chi connectivity index (χ1n) is 5.39. The van der Waals surface area contributed by atoms with E-state index in [1.54, 1.807) is 18.9 Å². The van der Waals surface area contributed by atoms with Gasteiger partial charge in [-0.05, 0) is 6.07 Å². The zero-order valence-electron chi connectivity index (χ0n) is 10.4. The Balaban J connectivity index is 2.69. The van der Waals surface area contributed by atoms with Crippen LogP contribution in [0.3, 0.4) is 0 Å². The lowest BCUT2D eigenvalue weighted by atomic mass is 10.1. The molecule has 0 amide bonds. The topological polar surface area (TPSA) is 29.5 Å². The van der Waals surface area contributed by atoms with E-state index in [-0.39, 0.29) is 4.75 Å². The Bertz CT molecular complexity index is 331. The van der Waals surface area contributed by atoms with Gasteiger partial charge in [-0.3, -0.25) is 0 Å². The number of ether oxygens (including phenoxy) is 1. The normalized spacial score (nSPS) is 13.6. The molecule has 1 atom stereocenters. The molecule has 90 valence electrons. The quantitative estimate of drug-likeness (QED) is 0.876. The molecule has 0 fully saturated rings. The fourth-order valence-electron chi connectivity index (χ4n) is 1.36. The highest BCUT2D eigenvalue weighted by atomic mass is 32.2. The summed E-state index contributed by atoms with van der Waals surface area (Å²) in [5.41, 5.74) is 0.863. The Morgan fingerprint density at radius 2 is 1.94 bits per heavy atom. The molecule has 3 heteroatoms. The standard InChI is InChI=1S/C13H20O2S/c1-13(2,3)16-9-11(14)10-7-5-6-8-12(10)15-4/h5-8,11,14H,9H2,1-4H3. The van der Waals surface area contributed by atoms with E-state index in [1.807, 2.05) is 24.3 Å². The maximum Gasteiger partial charge on any atom is 0.124 e. The van der Waals surface area contributed by atoms with Gasteiger partial charge in [0.1, 0.15) is 5.75 Å². The molecule has 1 aromatic rings. The molecule has 0 aliphatic heterocycles. The van der Waals surface area contributed by atoms with Crippen molar-refractivity contribution in [3.63, 3.8) is 0 Å². The predicted octanol–water partition coefficient (Wildman–Crippen LogP) is 3.26. The third kappa shape index (κ3) is 4.06. The van der Waals surface area contributed by atoms with Gasteiger partial charge in [0.25, 0.3) is 0 Å². The van der Waals surface area contributed by atoms with Crippen LogP contribution in [0.5, 0.6) is 5.75 Å². The van der Waals surface area contributed by atoms with Gasteiger partial charge >= 0.3 is 0 Å². The van der Waals surface area contributed by atoms with Crippen LogP contribution in [0.2, 0.25) is 0 Å². The van der Waals surface area contributed by atoms with E-state index in [0.717, 1.165) is 11.3 Å². The number of benzene rings is 1. The Kier molecular flexibility index (Phi) is 4.69. The summed E-state index contributed by atoms with van der Waals surface area (Å²) < 4.78 is 5.40. The predicted molar refractivity (Wildman–Crippen MR) is 70.2 cm³/mol. The van der Waals surface area contributed by atoms with Crippen molar-refractivity contribution in [1.82, 2.24) is 0 Å². The van der Waals surface area contributed by atoms with Gasteiger partial charge in [-0.2, -0.15) is 11.8 Å². The lowest BCUT2D eigenvalue weighted by molar-refractivity contribution is 0.198. The van der Waals surface area contributed by atoms with Gasteiger partial charge in [0.2, 0.25) is 0 Å². The monoisotopic (exact) mass is 240 g/mol. The second-order valence-corrected chi connectivity index (χ2v) is 6.53. The molecule has 16 heavy (non-hydrogen) atoms. The zero-order valence-corrected chi connectivity index (χ0v) is 11.2. The minimum absolute atomic E-state index is 0.170. The van der Waals surface area contributed by atoms with E-state index in [2.05, 4.69) is 20.8 Å². The number of hydrogen-bond donors (Lipinski definition) is 1. The van der Waals surface area contributed by atoms with E-state index in [9.17, 15) is 5.11 Å². The molecule has 0 heterocycles. The third-order valence-corrected chi connectivity index (χ3v) is 3.52. The molecule has 1 N–H and O–H groups in total. The molecule has 0 aliphatic rings. The van der Waals surface area contributed by atoms with Crippen LogP contribution in [-0.4, -0.2) is 22.7 Å². The fraction of sp³-hybridized carbons (Fsp3) is 0.538. The molecule has 1 unspecified atom stereocenters. The average Bonchev–Trinajstić information content (AvgIpc) is 2.25. The molecular weight excluding hydrogens is 220 g/mol. The van der Waals surface area contributed by atoms with E-state index in [0.29, 0.717) is 5.75 Å². The van der Waals surface area contributed by atoms with Gasteiger partial charge in [0.15, 0.2) is 0 Å². The lowest BCUT2D eigenvalue weighted by Gasteiger charge is -2.21. The van der Waals surface area contributed by atoms with Crippen molar-refractivity contribution in [1.29, 1.82) is 0 Å². The maximum absolute atomic E-state index is 10.1. The molecule has 1 rings (SSSR count). The van der Waals surface area contributed by atoms with E-state index < -0.39 is 6.10 Å². The number of hydrogen-bond acceptors (Lipinski definition) is 3. The molecule has 0 bridgehead atoms. The summed E-state index contributed by atoms with van der Waals surface area (Å²) in [4.78, 5) is 0. The van der Waals surface area contributed by atoms with Crippen LogP contribution in [0.4, 0.5) is 0 Å². The van der Waals surface area contributed by atoms with Crippen molar-refractivity contribution in [2.24, 2.45) is 0 Å². The van der Waals surface area contributed by atoms with Crippen molar-refractivity contribution in [3.8, 4) is 5.75 Å². The van der Waals surface area contributed by atoms with Crippen molar-refractivity contribution >= 4 is 11.8 Å². The number of para-hydroxylation sites is 1. The summed E-state index contributed by atoms with van der Waals surface area (Å²) >= 11 is 1.75. The second-order valence-electron chi connectivity index (χ2n) is 4.68. The van der Waals surface area contributed by atoms with Gasteiger partial charge < -0.3 is 9.84 Å². The van der Waals surface area contributed by atoms with Crippen LogP contribution in [0.15, 0.2) is 24.3 Å². The number of aliphatic hydroxyl groups excluding tert-OH is 1. The van der Waals surface area contributed by atoms with E-state index in [1.165, 1.54) is 0 Å². The van der Waals surface area contributed by atoms with Crippen LogP contribution in [0, 0.1) is 0 Å². The largest absolute Gasteiger partial charge is 0.496 e. The van der Waals surface area contributed by atoms with Crippen LogP contribution in [-0.2, 0) is 0 Å². The molecule has 1 aromatic carbocycles. The van der Waals surface area contributed by atoms with Crippen LogP contribution in [0.25, 0.3) is 0 Å². The van der Waals surface area contributed by atoms with Crippen LogP contribution < -0.4 is 4.74 Å². The highest BCUT2D eigenvalue weighted by molar-refractivity contribution is 8.00. The Morgan fingerprint density at radius 3 is 2.50 bits per heavy atom. The Morgan fingerprint density at radius 1 is 1.31 bits per heavy atom. The molecule has 0 aliphatic carbocycles. The SMILES string of the molecule is COc1ccccc1C(O)CSC(C)(C)C. The van der Waals surface area contributed by atoms with Gasteiger partial charge in [-0.25, -0.2) is 0 Å². The minimum Gasteiger partial charge on any atom is -0.496 e. The summed E-state index contributed by atoms with van der Waals surface area (Å²) in [6.07, 6.45) is -0.472. The van der Waals surface area contributed by atoms with Crippen LogP contribution in [0.1, 0.15) is 32.4 Å². The summed E-state index contributed by atoms with van der Waals surface area (Å²) in [7, 11) is 1.63.